The molecule has 0 fully saturated rings. The van der Waals surface area contributed by atoms with Gasteiger partial charge in [0.05, 0.1) is 6.61 Å². The van der Waals surface area contributed by atoms with Crippen LogP contribution in [0.3, 0.4) is 0 Å². The number of anilines is 1. The molecule has 0 aliphatic rings. The minimum absolute atomic E-state index is 0.156. The molecule has 3 aromatic carbocycles. The predicted molar refractivity (Wildman–Crippen MR) is 99.3 cm³/mol. The van der Waals surface area contributed by atoms with E-state index in [1.807, 2.05) is 67.6 Å². The first-order valence-electron chi connectivity index (χ1n) is 8.20. The van der Waals surface area contributed by atoms with Crippen LogP contribution in [-0.2, 0) is 0 Å². The van der Waals surface area contributed by atoms with Crippen molar-refractivity contribution in [3.63, 3.8) is 0 Å². The number of rotatable bonds is 4. The Morgan fingerprint density at radius 1 is 0.960 bits per heavy atom. The maximum absolute atomic E-state index is 12.6. The molecule has 4 nitrogen and oxygen atoms in total. The van der Waals surface area contributed by atoms with E-state index in [0.29, 0.717) is 12.2 Å². The number of carbonyl (C=O) groups is 1. The topological polar surface area (TPSA) is 51.5 Å². The summed E-state index contributed by atoms with van der Waals surface area (Å²) < 4.78 is 11.2. The zero-order valence-electron chi connectivity index (χ0n) is 13.8. The van der Waals surface area contributed by atoms with Crippen LogP contribution in [0.2, 0.25) is 0 Å². The summed E-state index contributed by atoms with van der Waals surface area (Å²) in [6.07, 6.45) is 0. The van der Waals surface area contributed by atoms with Crippen molar-refractivity contribution in [2.45, 2.75) is 6.92 Å². The van der Waals surface area contributed by atoms with Crippen molar-refractivity contribution in [2.24, 2.45) is 0 Å². The van der Waals surface area contributed by atoms with Crippen molar-refractivity contribution in [3.05, 3.63) is 72.3 Å². The van der Waals surface area contributed by atoms with Gasteiger partial charge in [-0.3, -0.25) is 4.79 Å². The summed E-state index contributed by atoms with van der Waals surface area (Å²) in [5, 5.41) is 4.85. The maximum atomic E-state index is 12.6. The largest absolute Gasteiger partial charge is 0.494 e. The van der Waals surface area contributed by atoms with Crippen LogP contribution in [0.1, 0.15) is 17.3 Å². The van der Waals surface area contributed by atoms with Crippen LogP contribution in [0.4, 0.5) is 5.69 Å². The number of benzene rings is 3. The Morgan fingerprint density at radius 2 is 1.72 bits per heavy atom. The molecular weight excluding hydrogens is 314 g/mol. The number of nitrogens with one attached hydrogen (secondary N) is 1. The van der Waals surface area contributed by atoms with Gasteiger partial charge >= 0.3 is 0 Å². The highest BCUT2D eigenvalue weighted by Crippen LogP contribution is 2.29. The van der Waals surface area contributed by atoms with Crippen LogP contribution in [-0.4, -0.2) is 12.5 Å². The van der Waals surface area contributed by atoms with Gasteiger partial charge in [0.2, 0.25) is 0 Å². The van der Waals surface area contributed by atoms with E-state index >= 15 is 0 Å². The maximum Gasteiger partial charge on any atom is 0.255 e. The Kier molecular flexibility index (Phi) is 3.86. The van der Waals surface area contributed by atoms with Gasteiger partial charge in [0, 0.05) is 22.0 Å². The summed E-state index contributed by atoms with van der Waals surface area (Å²) in [6, 6.07) is 20.6. The number of furan rings is 1. The van der Waals surface area contributed by atoms with Crippen molar-refractivity contribution < 1.29 is 13.9 Å². The third-order valence-electron chi connectivity index (χ3n) is 4.06. The van der Waals surface area contributed by atoms with Gasteiger partial charge in [-0.1, -0.05) is 18.2 Å². The summed E-state index contributed by atoms with van der Waals surface area (Å²) >= 11 is 0. The van der Waals surface area contributed by atoms with Crippen molar-refractivity contribution in [2.75, 3.05) is 11.9 Å². The smallest absolute Gasteiger partial charge is 0.255 e. The Labute approximate surface area is 145 Å². The molecule has 1 amide bonds. The Morgan fingerprint density at radius 3 is 2.52 bits per heavy atom. The predicted octanol–water partition coefficient (Wildman–Crippen LogP) is 5.24. The molecule has 1 heterocycles. The molecule has 0 aliphatic heterocycles. The fourth-order valence-electron chi connectivity index (χ4n) is 2.87. The van der Waals surface area contributed by atoms with E-state index in [1.165, 1.54) is 0 Å². The SMILES string of the molecule is CCOc1ccc(NC(=O)c2ccc3oc4ccccc4c3c2)cc1. The zero-order chi connectivity index (χ0) is 17.2. The molecule has 0 saturated heterocycles. The Hall–Kier alpha value is -3.27. The molecule has 25 heavy (non-hydrogen) atoms. The van der Waals surface area contributed by atoms with E-state index in [2.05, 4.69) is 5.32 Å². The minimum atomic E-state index is -0.156. The van der Waals surface area contributed by atoms with E-state index in [4.69, 9.17) is 9.15 Å². The molecule has 1 aromatic heterocycles. The van der Waals surface area contributed by atoms with Crippen molar-refractivity contribution in [3.8, 4) is 5.75 Å². The summed E-state index contributed by atoms with van der Waals surface area (Å²) in [5.41, 5.74) is 2.92. The van der Waals surface area contributed by atoms with Gasteiger partial charge in [-0.15, -0.1) is 0 Å². The highest BCUT2D eigenvalue weighted by atomic mass is 16.5. The molecule has 0 atom stereocenters. The third kappa shape index (κ3) is 2.94. The first-order valence-corrected chi connectivity index (χ1v) is 8.20. The number of hydrogen-bond donors (Lipinski definition) is 1. The van der Waals surface area contributed by atoms with E-state index in [1.54, 1.807) is 6.07 Å². The quantitative estimate of drug-likeness (QED) is 0.556. The normalized spacial score (nSPS) is 10.9. The number of hydrogen-bond acceptors (Lipinski definition) is 3. The van der Waals surface area contributed by atoms with Gasteiger partial charge in [-0.2, -0.15) is 0 Å². The number of amides is 1. The molecule has 4 aromatic rings. The van der Waals surface area contributed by atoms with E-state index in [0.717, 1.165) is 33.4 Å². The highest BCUT2D eigenvalue weighted by Gasteiger charge is 2.11. The van der Waals surface area contributed by atoms with Gasteiger partial charge < -0.3 is 14.5 Å². The van der Waals surface area contributed by atoms with Crippen LogP contribution < -0.4 is 10.1 Å². The van der Waals surface area contributed by atoms with Crippen LogP contribution in [0.5, 0.6) is 5.75 Å². The van der Waals surface area contributed by atoms with Crippen LogP contribution in [0, 0.1) is 0 Å². The fraction of sp³-hybridized carbons (Fsp3) is 0.0952. The highest BCUT2D eigenvalue weighted by molar-refractivity contribution is 6.10. The van der Waals surface area contributed by atoms with Crippen LogP contribution in [0.15, 0.2) is 71.1 Å². The summed E-state index contributed by atoms with van der Waals surface area (Å²) in [6.45, 7) is 2.55. The Bertz CT molecular complexity index is 1050. The lowest BCUT2D eigenvalue weighted by atomic mass is 10.1. The lowest BCUT2D eigenvalue weighted by molar-refractivity contribution is 0.102. The molecule has 0 spiro atoms. The molecule has 0 saturated carbocycles. The number of carbonyl (C=O) groups excluding carboxylic acids is 1. The van der Waals surface area contributed by atoms with Crippen LogP contribution in [0.25, 0.3) is 21.9 Å². The molecule has 0 aliphatic carbocycles. The zero-order valence-corrected chi connectivity index (χ0v) is 13.8. The average Bonchev–Trinajstić information content (AvgIpc) is 3.01. The lowest BCUT2D eigenvalue weighted by Crippen LogP contribution is -2.11. The standard InChI is InChI=1S/C21H17NO3/c1-2-24-16-10-8-15(9-11-16)22-21(23)14-7-12-20-18(13-14)17-5-3-4-6-19(17)25-20/h3-13H,2H2,1H3,(H,22,23). The van der Waals surface area contributed by atoms with Crippen molar-refractivity contribution in [1.82, 2.24) is 0 Å². The number of para-hydroxylation sites is 1. The summed E-state index contributed by atoms with van der Waals surface area (Å²) in [4.78, 5) is 12.6. The molecule has 1 N–H and O–H groups in total. The fourth-order valence-corrected chi connectivity index (χ4v) is 2.87. The first kappa shape index (κ1) is 15.3. The monoisotopic (exact) mass is 331 g/mol. The van der Waals surface area contributed by atoms with Crippen LogP contribution >= 0.6 is 0 Å². The molecule has 4 heteroatoms. The molecular formula is C21H17NO3. The minimum Gasteiger partial charge on any atom is -0.494 e. The number of ether oxygens (including phenoxy) is 1. The third-order valence-corrected chi connectivity index (χ3v) is 4.06. The Balaban J connectivity index is 1.62. The number of fused-ring (bicyclic) bond motifs is 3. The summed E-state index contributed by atoms with van der Waals surface area (Å²) in [5.74, 6) is 0.628. The van der Waals surface area contributed by atoms with Gasteiger partial charge in [-0.05, 0) is 55.5 Å². The summed E-state index contributed by atoms with van der Waals surface area (Å²) in [7, 11) is 0. The second-order valence-corrected chi connectivity index (χ2v) is 5.72. The second-order valence-electron chi connectivity index (χ2n) is 5.72. The van der Waals surface area contributed by atoms with Gasteiger partial charge in [0.15, 0.2) is 0 Å². The first-order chi connectivity index (χ1) is 12.2. The molecule has 0 unspecified atom stereocenters. The lowest BCUT2D eigenvalue weighted by Gasteiger charge is -2.07. The van der Waals surface area contributed by atoms with E-state index < -0.39 is 0 Å². The van der Waals surface area contributed by atoms with E-state index in [9.17, 15) is 4.79 Å². The van der Waals surface area contributed by atoms with Crippen molar-refractivity contribution in [1.29, 1.82) is 0 Å². The molecule has 4 rings (SSSR count). The molecule has 0 bridgehead atoms. The molecule has 124 valence electrons. The van der Waals surface area contributed by atoms with Crippen molar-refractivity contribution >= 4 is 33.5 Å². The van der Waals surface area contributed by atoms with E-state index in [-0.39, 0.29) is 5.91 Å². The second kappa shape index (κ2) is 6.32. The molecule has 0 radical (unpaired) electrons. The van der Waals surface area contributed by atoms with Gasteiger partial charge in [0.1, 0.15) is 16.9 Å². The average molecular weight is 331 g/mol. The van der Waals surface area contributed by atoms with Gasteiger partial charge in [0.25, 0.3) is 5.91 Å². The van der Waals surface area contributed by atoms with Gasteiger partial charge in [-0.25, -0.2) is 0 Å².